The Kier molecular flexibility index (Phi) is 6.85. The molecule has 0 aliphatic rings. The van der Waals surface area contributed by atoms with Gasteiger partial charge in [0.15, 0.2) is 0 Å². The van der Waals surface area contributed by atoms with Crippen molar-refractivity contribution in [3.63, 3.8) is 0 Å². The number of anilines is 3. The van der Waals surface area contributed by atoms with Gasteiger partial charge in [0.05, 0.1) is 16.8 Å². The SMILES string of the molecule is Cc1ccccc1N(CC(=O)Nc1ccc(S(=O)(=O)Nc2ccccc2)cc1)S(C)(=O)=O. The van der Waals surface area contributed by atoms with Crippen LogP contribution in [0.2, 0.25) is 0 Å². The van der Waals surface area contributed by atoms with Crippen LogP contribution in [0.3, 0.4) is 0 Å². The van der Waals surface area contributed by atoms with Crippen LogP contribution in [0.4, 0.5) is 17.1 Å². The molecule has 0 fully saturated rings. The van der Waals surface area contributed by atoms with Crippen molar-refractivity contribution in [2.45, 2.75) is 11.8 Å². The van der Waals surface area contributed by atoms with Crippen LogP contribution in [0, 0.1) is 6.92 Å². The molecule has 3 aromatic carbocycles. The van der Waals surface area contributed by atoms with Crippen molar-refractivity contribution in [2.24, 2.45) is 0 Å². The molecule has 0 atom stereocenters. The fourth-order valence-corrected chi connectivity index (χ4v) is 4.97. The molecule has 0 spiro atoms. The van der Waals surface area contributed by atoms with E-state index < -0.39 is 32.5 Å². The van der Waals surface area contributed by atoms with E-state index in [1.807, 2.05) is 0 Å². The van der Waals surface area contributed by atoms with E-state index in [1.165, 1.54) is 24.3 Å². The highest BCUT2D eigenvalue weighted by Gasteiger charge is 2.22. The molecular weight excluding hydrogens is 450 g/mol. The number of carbonyl (C=O) groups excluding carboxylic acids is 1. The molecule has 0 saturated carbocycles. The first-order chi connectivity index (χ1) is 15.1. The molecule has 0 radical (unpaired) electrons. The summed E-state index contributed by atoms with van der Waals surface area (Å²) in [5.74, 6) is -0.559. The van der Waals surface area contributed by atoms with Crippen LogP contribution in [-0.4, -0.2) is 35.5 Å². The minimum atomic E-state index is -3.79. The standard InChI is InChI=1S/C22H23N3O5S2/c1-17-8-6-7-11-21(17)25(31(2,27)28)16-22(26)23-18-12-14-20(15-13-18)32(29,30)24-19-9-4-3-5-10-19/h3-15,24H,16H2,1-2H3,(H,23,26). The van der Waals surface area contributed by atoms with E-state index in [-0.39, 0.29) is 4.90 Å². The van der Waals surface area contributed by atoms with Gasteiger partial charge >= 0.3 is 0 Å². The Labute approximate surface area is 188 Å². The van der Waals surface area contributed by atoms with Gasteiger partial charge in [-0.1, -0.05) is 36.4 Å². The lowest BCUT2D eigenvalue weighted by Gasteiger charge is -2.23. The van der Waals surface area contributed by atoms with E-state index in [0.29, 0.717) is 22.6 Å². The highest BCUT2D eigenvalue weighted by molar-refractivity contribution is 7.92. The Bertz CT molecular complexity index is 1310. The zero-order chi connectivity index (χ0) is 23.4. The summed E-state index contributed by atoms with van der Waals surface area (Å²) in [6.07, 6.45) is 1.03. The van der Waals surface area contributed by atoms with Crippen LogP contribution in [0.25, 0.3) is 0 Å². The smallest absolute Gasteiger partial charge is 0.261 e. The van der Waals surface area contributed by atoms with Gasteiger partial charge in [0, 0.05) is 11.4 Å². The molecule has 0 aliphatic heterocycles. The molecule has 1 amide bonds. The van der Waals surface area contributed by atoms with E-state index in [2.05, 4.69) is 10.0 Å². The molecule has 0 saturated heterocycles. The molecule has 32 heavy (non-hydrogen) atoms. The third-order valence-electron chi connectivity index (χ3n) is 4.55. The number of hydrogen-bond acceptors (Lipinski definition) is 5. The Balaban J connectivity index is 1.72. The van der Waals surface area contributed by atoms with Crippen LogP contribution in [0.15, 0.2) is 83.8 Å². The van der Waals surface area contributed by atoms with Crippen molar-refractivity contribution in [3.05, 3.63) is 84.4 Å². The number of carbonyl (C=O) groups is 1. The van der Waals surface area contributed by atoms with Crippen molar-refractivity contribution in [3.8, 4) is 0 Å². The topological polar surface area (TPSA) is 113 Å². The first-order valence-corrected chi connectivity index (χ1v) is 12.9. The second kappa shape index (κ2) is 9.41. The van der Waals surface area contributed by atoms with Gasteiger partial charge < -0.3 is 5.32 Å². The first-order valence-electron chi connectivity index (χ1n) is 9.57. The molecule has 0 aromatic heterocycles. The number of aryl methyl sites for hydroxylation is 1. The van der Waals surface area contributed by atoms with Gasteiger partial charge in [-0.25, -0.2) is 16.8 Å². The van der Waals surface area contributed by atoms with Gasteiger partial charge in [0.1, 0.15) is 6.54 Å². The lowest BCUT2D eigenvalue weighted by Crippen LogP contribution is -2.37. The number of hydrogen-bond donors (Lipinski definition) is 2. The summed E-state index contributed by atoms with van der Waals surface area (Å²) in [5, 5.41) is 2.60. The van der Waals surface area contributed by atoms with Crippen molar-refractivity contribution < 1.29 is 21.6 Å². The van der Waals surface area contributed by atoms with Gasteiger partial charge in [0.2, 0.25) is 15.9 Å². The maximum Gasteiger partial charge on any atom is 0.261 e. The normalized spacial score (nSPS) is 11.6. The summed E-state index contributed by atoms with van der Waals surface area (Å²) < 4.78 is 53.0. The zero-order valence-corrected chi connectivity index (χ0v) is 19.2. The number of benzene rings is 3. The summed E-state index contributed by atoms with van der Waals surface area (Å²) in [7, 11) is -7.49. The summed E-state index contributed by atoms with van der Waals surface area (Å²) in [4.78, 5) is 12.6. The van der Waals surface area contributed by atoms with Gasteiger partial charge in [-0.05, 0) is 55.0 Å². The zero-order valence-electron chi connectivity index (χ0n) is 17.5. The van der Waals surface area contributed by atoms with Crippen molar-refractivity contribution in [1.82, 2.24) is 0 Å². The molecular formula is C22H23N3O5S2. The minimum absolute atomic E-state index is 0.0250. The molecule has 168 valence electrons. The van der Waals surface area contributed by atoms with Gasteiger partial charge in [-0.2, -0.15) is 0 Å². The number of nitrogens with one attached hydrogen (secondary N) is 2. The molecule has 10 heteroatoms. The fourth-order valence-electron chi connectivity index (χ4n) is 2.99. The Morgan fingerprint density at radius 2 is 1.41 bits per heavy atom. The van der Waals surface area contributed by atoms with Gasteiger partial charge in [-0.15, -0.1) is 0 Å². The lowest BCUT2D eigenvalue weighted by molar-refractivity contribution is -0.114. The van der Waals surface area contributed by atoms with Crippen molar-refractivity contribution >= 4 is 43.0 Å². The Hall–Kier alpha value is -3.37. The van der Waals surface area contributed by atoms with Crippen LogP contribution in [-0.2, 0) is 24.8 Å². The molecule has 3 rings (SSSR count). The van der Waals surface area contributed by atoms with Crippen molar-refractivity contribution in [1.29, 1.82) is 0 Å². The number of rotatable bonds is 8. The van der Waals surface area contributed by atoms with E-state index in [9.17, 15) is 21.6 Å². The highest BCUT2D eigenvalue weighted by atomic mass is 32.2. The number of amides is 1. The Morgan fingerprint density at radius 1 is 0.812 bits per heavy atom. The lowest BCUT2D eigenvalue weighted by atomic mass is 10.2. The minimum Gasteiger partial charge on any atom is -0.325 e. The molecule has 2 N–H and O–H groups in total. The molecule has 0 heterocycles. The third-order valence-corrected chi connectivity index (χ3v) is 7.07. The predicted octanol–water partition coefficient (Wildman–Crippen LogP) is 3.20. The first kappa shape index (κ1) is 23.3. The van der Waals surface area contributed by atoms with E-state index in [1.54, 1.807) is 61.5 Å². The Morgan fingerprint density at radius 3 is 2.00 bits per heavy atom. The summed E-state index contributed by atoms with van der Waals surface area (Å²) in [6.45, 7) is 1.34. The summed E-state index contributed by atoms with van der Waals surface area (Å²) in [6, 6.07) is 20.9. The maximum atomic E-state index is 12.5. The second-order valence-corrected chi connectivity index (χ2v) is 10.7. The van der Waals surface area contributed by atoms with Gasteiger partial charge in [-0.3, -0.25) is 13.8 Å². The third kappa shape index (κ3) is 5.86. The molecule has 0 unspecified atom stereocenters. The largest absolute Gasteiger partial charge is 0.325 e. The maximum absolute atomic E-state index is 12.5. The highest BCUT2D eigenvalue weighted by Crippen LogP contribution is 2.22. The van der Waals surface area contributed by atoms with Crippen LogP contribution in [0.5, 0.6) is 0 Å². The summed E-state index contributed by atoms with van der Waals surface area (Å²) >= 11 is 0. The van der Waals surface area contributed by atoms with Gasteiger partial charge in [0.25, 0.3) is 10.0 Å². The predicted molar refractivity (Wildman–Crippen MR) is 126 cm³/mol. The number of sulfonamides is 2. The van der Waals surface area contributed by atoms with E-state index in [4.69, 9.17) is 0 Å². The van der Waals surface area contributed by atoms with Crippen LogP contribution in [0.1, 0.15) is 5.56 Å². The molecule has 3 aromatic rings. The van der Waals surface area contributed by atoms with Crippen LogP contribution >= 0.6 is 0 Å². The molecule has 8 nitrogen and oxygen atoms in total. The van der Waals surface area contributed by atoms with Crippen LogP contribution < -0.4 is 14.3 Å². The summed E-state index contributed by atoms with van der Waals surface area (Å²) in [5.41, 5.74) is 1.90. The van der Waals surface area contributed by atoms with Crippen molar-refractivity contribution in [2.75, 3.05) is 27.1 Å². The molecule has 0 bridgehead atoms. The fraction of sp³-hybridized carbons (Fsp3) is 0.136. The number of nitrogens with zero attached hydrogens (tertiary/aromatic N) is 1. The average Bonchev–Trinajstić information content (AvgIpc) is 2.73. The number of para-hydroxylation sites is 2. The quantitative estimate of drug-likeness (QED) is 0.522. The van der Waals surface area contributed by atoms with E-state index in [0.717, 1.165) is 10.6 Å². The monoisotopic (exact) mass is 473 g/mol. The van der Waals surface area contributed by atoms with E-state index >= 15 is 0 Å². The average molecular weight is 474 g/mol. The molecule has 0 aliphatic carbocycles. The second-order valence-electron chi connectivity index (χ2n) is 7.10.